The van der Waals surface area contributed by atoms with Crippen molar-refractivity contribution in [2.45, 2.75) is 13.2 Å². The molecule has 6 nitrogen and oxygen atoms in total. The molecule has 0 bridgehead atoms. The highest BCUT2D eigenvalue weighted by atomic mass is 35.5. The molecule has 0 aliphatic carbocycles. The average molecular weight is 530 g/mol. The van der Waals surface area contributed by atoms with Crippen molar-refractivity contribution < 1.29 is 9.13 Å². The van der Waals surface area contributed by atoms with Crippen LogP contribution in [-0.2, 0) is 13.2 Å². The number of nitrogens with one attached hydrogen (secondary N) is 2. The highest BCUT2D eigenvalue weighted by molar-refractivity contribution is 7.20. The summed E-state index contributed by atoms with van der Waals surface area (Å²) >= 11 is 7.96. The fourth-order valence-electron chi connectivity index (χ4n) is 3.51. The lowest BCUT2D eigenvalue weighted by molar-refractivity contribution is 0.306. The van der Waals surface area contributed by atoms with Crippen LogP contribution in [0, 0.1) is 17.7 Å². The van der Waals surface area contributed by atoms with E-state index >= 15 is 0 Å². The van der Waals surface area contributed by atoms with Gasteiger partial charge in [0.2, 0.25) is 0 Å². The van der Waals surface area contributed by atoms with E-state index in [0.717, 1.165) is 32.0 Å². The van der Waals surface area contributed by atoms with Gasteiger partial charge in [0.25, 0.3) is 0 Å². The SMILES string of the molecule is Fc1cccc(COc2ccc(Nc3ncnc4cc(C#CCNCc5ccccn5)sc34)cc2Cl)c1. The van der Waals surface area contributed by atoms with E-state index in [2.05, 4.69) is 37.4 Å². The average Bonchev–Trinajstić information content (AvgIpc) is 3.33. The van der Waals surface area contributed by atoms with Gasteiger partial charge >= 0.3 is 0 Å². The highest BCUT2D eigenvalue weighted by Gasteiger charge is 2.10. The van der Waals surface area contributed by atoms with Crippen molar-refractivity contribution in [3.05, 3.63) is 106 Å². The van der Waals surface area contributed by atoms with Crippen molar-refractivity contribution in [2.75, 3.05) is 11.9 Å². The van der Waals surface area contributed by atoms with Crippen molar-refractivity contribution in [2.24, 2.45) is 0 Å². The zero-order chi connectivity index (χ0) is 25.5. The fraction of sp³-hybridized carbons (Fsp3) is 0.107. The van der Waals surface area contributed by atoms with Gasteiger partial charge in [-0.3, -0.25) is 4.98 Å². The molecule has 0 saturated carbocycles. The van der Waals surface area contributed by atoms with E-state index in [-0.39, 0.29) is 12.4 Å². The first kappa shape index (κ1) is 24.7. The third kappa shape index (κ3) is 6.60. The van der Waals surface area contributed by atoms with Crippen LogP contribution in [0.4, 0.5) is 15.9 Å². The number of hydrogen-bond donors (Lipinski definition) is 2. The maximum absolute atomic E-state index is 13.4. The normalized spacial score (nSPS) is 10.6. The molecule has 2 N–H and O–H groups in total. The number of hydrogen-bond acceptors (Lipinski definition) is 7. The Labute approximate surface area is 222 Å². The first-order chi connectivity index (χ1) is 18.1. The van der Waals surface area contributed by atoms with Gasteiger partial charge in [-0.25, -0.2) is 14.4 Å². The van der Waals surface area contributed by atoms with E-state index < -0.39 is 0 Å². The van der Waals surface area contributed by atoms with Crippen LogP contribution in [0.3, 0.4) is 0 Å². The van der Waals surface area contributed by atoms with Crippen molar-refractivity contribution in [1.82, 2.24) is 20.3 Å². The molecule has 184 valence electrons. The van der Waals surface area contributed by atoms with Crippen molar-refractivity contribution in [1.29, 1.82) is 0 Å². The zero-order valence-corrected chi connectivity index (χ0v) is 21.1. The predicted molar refractivity (Wildman–Crippen MR) is 146 cm³/mol. The van der Waals surface area contributed by atoms with Gasteiger partial charge in [0, 0.05) is 18.4 Å². The minimum Gasteiger partial charge on any atom is -0.487 e. The molecule has 0 unspecified atom stereocenters. The molecule has 0 atom stereocenters. The van der Waals surface area contributed by atoms with E-state index in [1.807, 2.05) is 30.3 Å². The maximum atomic E-state index is 13.4. The van der Waals surface area contributed by atoms with Crippen LogP contribution in [0.15, 0.2) is 79.3 Å². The fourth-order valence-corrected chi connectivity index (χ4v) is 4.68. The number of fused-ring (bicyclic) bond motifs is 1. The number of nitrogens with zero attached hydrogens (tertiary/aromatic N) is 3. The van der Waals surface area contributed by atoms with Gasteiger partial charge < -0.3 is 15.4 Å². The van der Waals surface area contributed by atoms with Gasteiger partial charge in [0.05, 0.1) is 32.4 Å². The molecule has 0 radical (unpaired) electrons. The Hall–Kier alpha value is -4.03. The summed E-state index contributed by atoms with van der Waals surface area (Å²) in [6.07, 6.45) is 3.29. The number of benzene rings is 2. The van der Waals surface area contributed by atoms with Gasteiger partial charge in [0.1, 0.15) is 24.5 Å². The number of halogens is 2. The first-order valence-corrected chi connectivity index (χ1v) is 12.6. The molecule has 0 spiro atoms. The Balaban J connectivity index is 1.23. The molecule has 9 heteroatoms. The van der Waals surface area contributed by atoms with E-state index in [9.17, 15) is 4.39 Å². The summed E-state index contributed by atoms with van der Waals surface area (Å²) in [4.78, 5) is 14.0. The van der Waals surface area contributed by atoms with Crippen LogP contribution in [0.5, 0.6) is 5.75 Å². The molecule has 0 aliphatic rings. The lowest BCUT2D eigenvalue weighted by Crippen LogP contribution is -2.13. The summed E-state index contributed by atoms with van der Waals surface area (Å²) in [6.45, 7) is 1.43. The Kier molecular flexibility index (Phi) is 7.87. The number of anilines is 2. The second-order valence-corrected chi connectivity index (χ2v) is 9.42. The quantitative estimate of drug-likeness (QED) is 0.180. The predicted octanol–water partition coefficient (Wildman–Crippen LogP) is 6.34. The Morgan fingerprint density at radius 2 is 1.95 bits per heavy atom. The molecule has 3 heterocycles. The van der Waals surface area contributed by atoms with E-state index in [4.69, 9.17) is 16.3 Å². The smallest absolute Gasteiger partial charge is 0.151 e. The summed E-state index contributed by atoms with van der Waals surface area (Å²) in [5.74, 6) is 7.20. The summed E-state index contributed by atoms with van der Waals surface area (Å²) in [6, 6.07) is 19.4. The monoisotopic (exact) mass is 529 g/mol. The largest absolute Gasteiger partial charge is 0.487 e. The van der Waals surface area contributed by atoms with E-state index in [1.54, 1.807) is 30.5 Å². The topological polar surface area (TPSA) is 72.0 Å². The van der Waals surface area contributed by atoms with Gasteiger partial charge in [-0.15, -0.1) is 11.3 Å². The molecule has 3 aromatic heterocycles. The molecular formula is C28H21ClFN5OS. The number of thiophene rings is 1. The van der Waals surface area contributed by atoms with Crippen LogP contribution in [0.25, 0.3) is 10.2 Å². The van der Waals surface area contributed by atoms with Gasteiger partial charge in [0.15, 0.2) is 5.82 Å². The zero-order valence-electron chi connectivity index (χ0n) is 19.5. The molecule has 0 fully saturated rings. The van der Waals surface area contributed by atoms with Gasteiger partial charge in [-0.05, 0) is 54.1 Å². The van der Waals surface area contributed by atoms with Gasteiger partial charge in [-0.2, -0.15) is 0 Å². The molecular weight excluding hydrogens is 509 g/mol. The molecule has 37 heavy (non-hydrogen) atoms. The highest BCUT2D eigenvalue weighted by Crippen LogP contribution is 2.33. The number of rotatable bonds is 8. The second-order valence-electron chi connectivity index (χ2n) is 7.96. The summed E-state index contributed by atoms with van der Waals surface area (Å²) < 4.78 is 20.0. The summed E-state index contributed by atoms with van der Waals surface area (Å²) in [7, 11) is 0. The molecule has 0 saturated heterocycles. The first-order valence-electron chi connectivity index (χ1n) is 11.4. The standard InChI is InChI=1S/C28H21ClFN5OS/c29-24-14-21(9-10-26(24)36-17-19-5-3-6-20(30)13-19)35-28-27-25(33-18-34-28)15-23(37-27)8-4-11-31-16-22-7-1-2-12-32-22/h1-3,5-7,9-10,12-15,18,31H,11,16-17H2,(H,33,34,35). The summed E-state index contributed by atoms with van der Waals surface area (Å²) in [5.41, 5.74) is 3.27. The van der Waals surface area contributed by atoms with Crippen molar-refractivity contribution in [3.8, 4) is 17.6 Å². The minimum absolute atomic E-state index is 0.217. The van der Waals surface area contributed by atoms with Crippen LogP contribution in [0.1, 0.15) is 16.1 Å². The third-order valence-electron chi connectivity index (χ3n) is 5.25. The number of aromatic nitrogens is 3. The molecule has 0 amide bonds. The second kappa shape index (κ2) is 11.8. The lowest BCUT2D eigenvalue weighted by Gasteiger charge is -2.11. The molecule has 0 aliphatic heterocycles. The van der Waals surface area contributed by atoms with Crippen molar-refractivity contribution in [3.63, 3.8) is 0 Å². The summed E-state index contributed by atoms with van der Waals surface area (Å²) in [5, 5.41) is 7.01. The maximum Gasteiger partial charge on any atom is 0.151 e. The Morgan fingerprint density at radius 1 is 1.00 bits per heavy atom. The molecule has 5 rings (SSSR count). The van der Waals surface area contributed by atoms with Crippen LogP contribution in [-0.4, -0.2) is 21.5 Å². The van der Waals surface area contributed by atoms with Crippen LogP contribution >= 0.6 is 22.9 Å². The number of ether oxygens (including phenoxy) is 1. The Morgan fingerprint density at radius 3 is 2.78 bits per heavy atom. The minimum atomic E-state index is -0.303. The molecule has 5 aromatic rings. The molecule has 2 aromatic carbocycles. The Bertz CT molecular complexity index is 1580. The van der Waals surface area contributed by atoms with Crippen LogP contribution < -0.4 is 15.4 Å². The lowest BCUT2D eigenvalue weighted by atomic mass is 10.2. The number of pyridine rings is 1. The van der Waals surface area contributed by atoms with Crippen molar-refractivity contribution >= 4 is 44.7 Å². The van der Waals surface area contributed by atoms with E-state index in [1.165, 1.54) is 29.8 Å². The third-order valence-corrected chi connectivity index (χ3v) is 6.59. The van der Waals surface area contributed by atoms with Crippen LogP contribution in [0.2, 0.25) is 5.02 Å². The van der Waals surface area contributed by atoms with Gasteiger partial charge in [-0.1, -0.05) is 41.6 Å². The van der Waals surface area contributed by atoms with E-state index in [0.29, 0.717) is 29.7 Å².